The lowest BCUT2D eigenvalue weighted by Gasteiger charge is -2.21. The highest BCUT2D eigenvalue weighted by Crippen LogP contribution is 2.43. The third-order valence-electron chi connectivity index (χ3n) is 3.26. The van der Waals surface area contributed by atoms with Gasteiger partial charge in [-0.05, 0) is 46.0 Å². The zero-order valence-electron chi connectivity index (χ0n) is 9.49. The maximum absolute atomic E-state index is 10.1. The predicted octanol–water partition coefficient (Wildman–Crippen LogP) is 3.05. The van der Waals surface area contributed by atoms with Crippen LogP contribution in [0.1, 0.15) is 30.9 Å². The van der Waals surface area contributed by atoms with Crippen LogP contribution in [0, 0.1) is 5.92 Å². The van der Waals surface area contributed by atoms with Gasteiger partial charge in [0.15, 0.2) is 11.5 Å². The van der Waals surface area contributed by atoms with Crippen LogP contribution in [-0.2, 0) is 0 Å². The van der Waals surface area contributed by atoms with E-state index in [1.54, 1.807) is 0 Å². The first kappa shape index (κ1) is 11.4. The second kappa shape index (κ2) is 4.50. The van der Waals surface area contributed by atoms with E-state index in [0.29, 0.717) is 19.1 Å². The zero-order valence-corrected chi connectivity index (χ0v) is 11.1. The van der Waals surface area contributed by atoms with Gasteiger partial charge in [-0.15, -0.1) is 0 Å². The number of ether oxygens (including phenoxy) is 2. The van der Waals surface area contributed by atoms with Crippen LogP contribution in [0.25, 0.3) is 0 Å². The minimum absolute atomic E-state index is 0.394. The van der Waals surface area contributed by atoms with Crippen LogP contribution in [0.4, 0.5) is 0 Å². The van der Waals surface area contributed by atoms with Crippen molar-refractivity contribution >= 4 is 15.9 Å². The van der Waals surface area contributed by atoms with Crippen molar-refractivity contribution in [1.82, 2.24) is 0 Å². The Labute approximate surface area is 109 Å². The number of aliphatic hydroxyl groups excluding tert-OH is 1. The summed E-state index contributed by atoms with van der Waals surface area (Å²) in [6, 6.07) is 3.83. The van der Waals surface area contributed by atoms with Gasteiger partial charge in [-0.3, -0.25) is 0 Å². The molecule has 0 spiro atoms. The molecule has 2 aliphatic rings. The molecule has 3 rings (SSSR count). The van der Waals surface area contributed by atoms with Crippen molar-refractivity contribution in [2.75, 3.05) is 13.2 Å². The van der Waals surface area contributed by atoms with Crippen LogP contribution in [0.5, 0.6) is 11.5 Å². The Morgan fingerprint density at radius 1 is 1.29 bits per heavy atom. The lowest BCUT2D eigenvalue weighted by atomic mass is 10.0. The summed E-state index contributed by atoms with van der Waals surface area (Å²) in [4.78, 5) is 0. The number of aliphatic hydroxyl groups is 1. The minimum atomic E-state index is -0.394. The number of hydrogen-bond donors (Lipinski definition) is 1. The molecule has 3 nitrogen and oxygen atoms in total. The van der Waals surface area contributed by atoms with Gasteiger partial charge in [0, 0.05) is 0 Å². The lowest BCUT2D eigenvalue weighted by molar-refractivity contribution is 0.154. The molecule has 0 aromatic heterocycles. The van der Waals surface area contributed by atoms with Gasteiger partial charge in [-0.2, -0.15) is 0 Å². The Morgan fingerprint density at radius 2 is 2.06 bits per heavy atom. The maximum atomic E-state index is 10.1. The Balaban J connectivity index is 1.86. The molecule has 0 amide bonds. The van der Waals surface area contributed by atoms with Crippen LogP contribution in [-0.4, -0.2) is 18.3 Å². The van der Waals surface area contributed by atoms with Crippen molar-refractivity contribution in [3.8, 4) is 11.5 Å². The molecule has 1 aromatic rings. The topological polar surface area (TPSA) is 38.7 Å². The number of hydrogen-bond acceptors (Lipinski definition) is 3. The highest BCUT2D eigenvalue weighted by molar-refractivity contribution is 9.10. The minimum Gasteiger partial charge on any atom is -0.486 e. The second-order valence-electron chi connectivity index (χ2n) is 4.72. The Bertz CT molecular complexity index is 429. The summed E-state index contributed by atoms with van der Waals surface area (Å²) in [5.74, 6) is 2.19. The van der Waals surface area contributed by atoms with Crippen molar-refractivity contribution in [2.45, 2.75) is 25.4 Å². The van der Waals surface area contributed by atoms with Crippen molar-refractivity contribution in [1.29, 1.82) is 0 Å². The predicted molar refractivity (Wildman–Crippen MR) is 67.4 cm³/mol. The van der Waals surface area contributed by atoms with Gasteiger partial charge in [-0.25, -0.2) is 0 Å². The molecule has 1 fully saturated rings. The van der Waals surface area contributed by atoms with Gasteiger partial charge >= 0.3 is 0 Å². The van der Waals surface area contributed by atoms with E-state index >= 15 is 0 Å². The van der Waals surface area contributed by atoms with E-state index < -0.39 is 6.10 Å². The quantitative estimate of drug-likeness (QED) is 0.932. The summed E-state index contributed by atoms with van der Waals surface area (Å²) in [6.07, 6.45) is 2.96. The Kier molecular flexibility index (Phi) is 3.01. The molecule has 0 bridgehead atoms. The number of benzene rings is 1. The summed E-state index contributed by atoms with van der Waals surface area (Å²) in [7, 11) is 0. The normalized spacial score (nSPS) is 20.1. The Morgan fingerprint density at radius 3 is 2.82 bits per heavy atom. The lowest BCUT2D eigenvalue weighted by Crippen LogP contribution is -2.16. The standard InChI is InChI=1S/C13H15BrO3/c14-10-6-9(11(15)5-8-1-2-8)7-12-13(10)17-4-3-16-12/h6-8,11,15H,1-5H2. The van der Waals surface area contributed by atoms with Crippen molar-refractivity contribution in [3.05, 3.63) is 22.2 Å². The largest absolute Gasteiger partial charge is 0.486 e. The third-order valence-corrected chi connectivity index (χ3v) is 3.85. The number of rotatable bonds is 3. The van der Waals surface area contributed by atoms with Crippen LogP contribution >= 0.6 is 15.9 Å². The molecular weight excluding hydrogens is 284 g/mol. The average molecular weight is 299 g/mol. The molecule has 1 unspecified atom stereocenters. The first-order valence-corrected chi connectivity index (χ1v) is 6.80. The summed E-state index contributed by atoms with van der Waals surface area (Å²) in [5.41, 5.74) is 0.910. The average Bonchev–Trinajstić information content (AvgIpc) is 3.13. The van der Waals surface area contributed by atoms with Gasteiger partial charge in [0.25, 0.3) is 0 Å². The molecular formula is C13H15BrO3. The Hall–Kier alpha value is -0.740. The van der Waals surface area contributed by atoms with Gasteiger partial charge in [0.1, 0.15) is 13.2 Å². The molecule has 1 aliphatic carbocycles. The fourth-order valence-corrected chi connectivity index (χ4v) is 2.70. The SMILES string of the molecule is OC(CC1CC1)c1cc(Br)c2c(c1)OCCO2. The fourth-order valence-electron chi connectivity index (χ4n) is 2.13. The van der Waals surface area contributed by atoms with Crippen LogP contribution in [0.2, 0.25) is 0 Å². The fraction of sp³-hybridized carbons (Fsp3) is 0.538. The summed E-state index contributed by atoms with van der Waals surface area (Å²) < 4.78 is 11.9. The van der Waals surface area contributed by atoms with Crippen molar-refractivity contribution in [2.24, 2.45) is 5.92 Å². The van der Waals surface area contributed by atoms with Crippen LogP contribution in [0.15, 0.2) is 16.6 Å². The first-order chi connectivity index (χ1) is 8.24. The van der Waals surface area contributed by atoms with E-state index in [-0.39, 0.29) is 0 Å². The van der Waals surface area contributed by atoms with Crippen LogP contribution in [0.3, 0.4) is 0 Å². The number of fused-ring (bicyclic) bond motifs is 1. The molecule has 1 N–H and O–H groups in total. The smallest absolute Gasteiger partial charge is 0.175 e. The monoisotopic (exact) mass is 298 g/mol. The molecule has 0 saturated heterocycles. The van der Waals surface area contributed by atoms with Gasteiger partial charge < -0.3 is 14.6 Å². The molecule has 1 aliphatic heterocycles. The van der Waals surface area contributed by atoms with E-state index in [1.165, 1.54) is 12.8 Å². The third kappa shape index (κ3) is 2.43. The highest BCUT2D eigenvalue weighted by Gasteiger charge is 2.26. The summed E-state index contributed by atoms with van der Waals surface area (Å²) >= 11 is 3.47. The summed E-state index contributed by atoms with van der Waals surface area (Å²) in [6.45, 7) is 1.15. The molecule has 92 valence electrons. The molecule has 1 saturated carbocycles. The zero-order chi connectivity index (χ0) is 11.8. The van der Waals surface area contributed by atoms with Gasteiger partial charge in [-0.1, -0.05) is 12.8 Å². The van der Waals surface area contributed by atoms with Gasteiger partial charge in [0.05, 0.1) is 10.6 Å². The second-order valence-corrected chi connectivity index (χ2v) is 5.58. The van der Waals surface area contributed by atoms with E-state index in [2.05, 4.69) is 15.9 Å². The summed E-state index contributed by atoms with van der Waals surface area (Å²) in [5, 5.41) is 10.1. The van der Waals surface area contributed by atoms with E-state index in [4.69, 9.17) is 9.47 Å². The van der Waals surface area contributed by atoms with Crippen molar-refractivity contribution < 1.29 is 14.6 Å². The molecule has 17 heavy (non-hydrogen) atoms. The molecule has 1 heterocycles. The molecule has 4 heteroatoms. The highest BCUT2D eigenvalue weighted by atomic mass is 79.9. The van der Waals surface area contributed by atoms with E-state index in [0.717, 1.165) is 28.0 Å². The van der Waals surface area contributed by atoms with Gasteiger partial charge in [0.2, 0.25) is 0 Å². The van der Waals surface area contributed by atoms with E-state index in [1.807, 2.05) is 12.1 Å². The van der Waals surface area contributed by atoms with E-state index in [9.17, 15) is 5.11 Å². The molecule has 0 radical (unpaired) electrons. The van der Waals surface area contributed by atoms with Crippen molar-refractivity contribution in [3.63, 3.8) is 0 Å². The van der Waals surface area contributed by atoms with Crippen LogP contribution < -0.4 is 9.47 Å². The first-order valence-electron chi connectivity index (χ1n) is 6.01. The molecule has 1 atom stereocenters. The molecule has 1 aromatic carbocycles. The number of halogens is 1. The maximum Gasteiger partial charge on any atom is 0.175 e.